The molecule has 3 rings (SSSR count). The van der Waals surface area contributed by atoms with Crippen LogP contribution < -0.4 is 10.5 Å². The maximum atomic E-state index is 12.4. The van der Waals surface area contributed by atoms with E-state index in [4.69, 9.17) is 10.7 Å². The van der Waals surface area contributed by atoms with Gasteiger partial charge in [-0.15, -0.1) is 0 Å². The van der Waals surface area contributed by atoms with Crippen molar-refractivity contribution in [2.75, 3.05) is 13.6 Å². The van der Waals surface area contributed by atoms with E-state index in [1.54, 1.807) is 24.3 Å². The lowest BCUT2D eigenvalue weighted by Crippen LogP contribution is -2.34. The molecule has 1 aliphatic heterocycles. The number of ether oxygens (including phenoxy) is 1. The van der Waals surface area contributed by atoms with Gasteiger partial charge in [0.25, 0.3) is 0 Å². The molecule has 144 valence electrons. The summed E-state index contributed by atoms with van der Waals surface area (Å²) < 4.78 is 29.4. The fraction of sp³-hybridized carbons (Fsp3) is 0.381. The molecule has 6 heteroatoms. The van der Waals surface area contributed by atoms with Crippen molar-refractivity contribution in [2.24, 2.45) is 10.7 Å². The standard InChI is InChI=1S/C21H25F2N3O/c1-3-4-6-15-7-5-8-17(13-15)21(14-26(2)20(24)25-21)16-9-11-18(12-10-16)27-19(22)23/h5,7-13,19H,3-4,6,14H2,1-2H3,(H2,24,25). The predicted molar refractivity (Wildman–Crippen MR) is 103 cm³/mol. The van der Waals surface area contributed by atoms with Gasteiger partial charge in [-0.25, -0.2) is 4.99 Å². The van der Waals surface area contributed by atoms with Crippen LogP contribution in [-0.4, -0.2) is 31.1 Å². The lowest BCUT2D eigenvalue weighted by molar-refractivity contribution is -0.0498. The molecule has 0 aromatic heterocycles. The Hall–Kier alpha value is -2.63. The number of unbranched alkanes of at least 4 members (excludes halogenated alkanes) is 1. The number of benzene rings is 2. The first-order valence-electron chi connectivity index (χ1n) is 9.16. The summed E-state index contributed by atoms with van der Waals surface area (Å²) in [5, 5.41) is 0. The molecule has 0 bridgehead atoms. The number of likely N-dealkylation sites (N-methyl/N-ethyl adjacent to an activating group) is 1. The Morgan fingerprint density at radius 2 is 1.93 bits per heavy atom. The molecule has 4 nitrogen and oxygen atoms in total. The smallest absolute Gasteiger partial charge is 0.387 e. The maximum Gasteiger partial charge on any atom is 0.387 e. The number of guanidine groups is 1. The SMILES string of the molecule is CCCCc1cccc(C2(c3ccc(OC(F)F)cc3)CN(C)C(N)=N2)c1. The van der Waals surface area contributed by atoms with Crippen LogP contribution in [0.15, 0.2) is 53.5 Å². The first-order chi connectivity index (χ1) is 12.9. The maximum absolute atomic E-state index is 12.4. The van der Waals surface area contributed by atoms with E-state index in [0.717, 1.165) is 30.4 Å². The second-order valence-corrected chi connectivity index (χ2v) is 6.89. The van der Waals surface area contributed by atoms with Crippen LogP contribution >= 0.6 is 0 Å². The van der Waals surface area contributed by atoms with Crippen molar-refractivity contribution < 1.29 is 13.5 Å². The van der Waals surface area contributed by atoms with E-state index >= 15 is 0 Å². The van der Waals surface area contributed by atoms with Crippen LogP contribution in [0.1, 0.15) is 36.5 Å². The summed E-state index contributed by atoms with van der Waals surface area (Å²) in [6.45, 7) is -0.0810. The Morgan fingerprint density at radius 3 is 2.52 bits per heavy atom. The third kappa shape index (κ3) is 4.04. The second kappa shape index (κ2) is 7.94. The quantitative estimate of drug-likeness (QED) is 0.794. The molecule has 1 aliphatic rings. The van der Waals surface area contributed by atoms with Gasteiger partial charge in [-0.3, -0.25) is 0 Å². The van der Waals surface area contributed by atoms with Gasteiger partial charge in [-0.05, 0) is 41.7 Å². The average molecular weight is 373 g/mol. The fourth-order valence-electron chi connectivity index (χ4n) is 3.50. The van der Waals surface area contributed by atoms with Crippen molar-refractivity contribution in [2.45, 2.75) is 38.3 Å². The number of nitrogens with two attached hydrogens (primary N) is 1. The summed E-state index contributed by atoms with van der Waals surface area (Å²) in [5.74, 6) is 0.589. The Balaban J connectivity index is 2.01. The monoisotopic (exact) mass is 373 g/mol. The topological polar surface area (TPSA) is 50.9 Å². The highest BCUT2D eigenvalue weighted by Crippen LogP contribution is 2.39. The Labute approximate surface area is 158 Å². The molecule has 2 aromatic rings. The minimum Gasteiger partial charge on any atom is -0.435 e. The summed E-state index contributed by atoms with van der Waals surface area (Å²) in [6.07, 6.45) is 3.27. The Kier molecular flexibility index (Phi) is 5.63. The van der Waals surface area contributed by atoms with Gasteiger partial charge in [0.1, 0.15) is 11.3 Å². The molecule has 0 spiro atoms. The first-order valence-corrected chi connectivity index (χ1v) is 9.16. The minimum absolute atomic E-state index is 0.129. The summed E-state index contributed by atoms with van der Waals surface area (Å²) in [7, 11) is 1.90. The molecule has 1 unspecified atom stereocenters. The van der Waals surface area contributed by atoms with Gasteiger partial charge in [-0.1, -0.05) is 49.7 Å². The normalized spacial score (nSPS) is 19.4. The molecular weight excluding hydrogens is 348 g/mol. The summed E-state index contributed by atoms with van der Waals surface area (Å²) in [4.78, 5) is 6.69. The molecule has 0 aliphatic carbocycles. The van der Waals surface area contributed by atoms with Crippen molar-refractivity contribution in [3.63, 3.8) is 0 Å². The third-order valence-corrected chi connectivity index (χ3v) is 4.94. The van der Waals surface area contributed by atoms with Crippen LogP contribution in [0.3, 0.4) is 0 Å². The summed E-state index contributed by atoms with van der Waals surface area (Å²) in [6, 6.07) is 15.1. The Bertz CT molecular complexity index is 807. The first kappa shape index (κ1) is 19.1. The molecule has 0 fully saturated rings. The van der Waals surface area contributed by atoms with Gasteiger partial charge < -0.3 is 15.4 Å². The van der Waals surface area contributed by atoms with Crippen LogP contribution in [0.25, 0.3) is 0 Å². The van der Waals surface area contributed by atoms with Gasteiger partial charge in [0.05, 0.1) is 6.54 Å². The molecule has 1 atom stereocenters. The van der Waals surface area contributed by atoms with Crippen LogP contribution in [0, 0.1) is 0 Å². The molecule has 2 N–H and O–H groups in total. The van der Waals surface area contributed by atoms with Gasteiger partial charge in [0.2, 0.25) is 0 Å². The van der Waals surface area contributed by atoms with Crippen molar-refractivity contribution >= 4 is 5.96 Å². The van der Waals surface area contributed by atoms with Crippen molar-refractivity contribution in [3.05, 3.63) is 65.2 Å². The number of aliphatic imine (C=N–C) groups is 1. The zero-order chi connectivity index (χ0) is 19.4. The van der Waals surface area contributed by atoms with Crippen molar-refractivity contribution in [1.82, 2.24) is 4.90 Å². The van der Waals surface area contributed by atoms with E-state index in [-0.39, 0.29) is 5.75 Å². The van der Waals surface area contributed by atoms with Gasteiger partial charge in [-0.2, -0.15) is 8.78 Å². The highest BCUT2D eigenvalue weighted by molar-refractivity contribution is 5.81. The van der Waals surface area contributed by atoms with Crippen molar-refractivity contribution in [1.29, 1.82) is 0 Å². The molecule has 0 saturated heterocycles. The van der Waals surface area contributed by atoms with Crippen LogP contribution in [-0.2, 0) is 12.0 Å². The zero-order valence-corrected chi connectivity index (χ0v) is 15.7. The number of hydrogen-bond donors (Lipinski definition) is 1. The minimum atomic E-state index is -2.84. The zero-order valence-electron chi connectivity index (χ0n) is 15.7. The summed E-state index contributed by atoms with van der Waals surface area (Å²) in [5.41, 5.74) is 8.63. The molecule has 27 heavy (non-hydrogen) atoms. The third-order valence-electron chi connectivity index (χ3n) is 4.94. The van der Waals surface area contributed by atoms with E-state index in [0.29, 0.717) is 12.5 Å². The molecule has 0 amide bonds. The number of nitrogens with zero attached hydrogens (tertiary/aromatic N) is 2. The lowest BCUT2D eigenvalue weighted by atomic mass is 9.82. The van der Waals surface area contributed by atoms with Crippen LogP contribution in [0.2, 0.25) is 0 Å². The number of hydrogen-bond acceptors (Lipinski definition) is 4. The average Bonchev–Trinajstić information content (AvgIpc) is 2.96. The fourth-order valence-corrected chi connectivity index (χ4v) is 3.50. The molecule has 2 aromatic carbocycles. The number of aryl methyl sites for hydroxylation is 1. The summed E-state index contributed by atoms with van der Waals surface area (Å²) >= 11 is 0. The van der Waals surface area contributed by atoms with Gasteiger partial charge in [0.15, 0.2) is 5.96 Å². The molecule has 1 heterocycles. The number of rotatable bonds is 7. The van der Waals surface area contributed by atoms with Gasteiger partial charge in [0, 0.05) is 7.05 Å². The number of halogens is 2. The molecular formula is C21H25F2N3O. The largest absolute Gasteiger partial charge is 0.435 e. The van der Waals surface area contributed by atoms with Crippen LogP contribution in [0.4, 0.5) is 8.78 Å². The number of alkyl halides is 2. The second-order valence-electron chi connectivity index (χ2n) is 6.89. The predicted octanol–water partition coefficient (Wildman–Crippen LogP) is 4.13. The van der Waals surface area contributed by atoms with Crippen LogP contribution in [0.5, 0.6) is 5.75 Å². The molecule has 0 radical (unpaired) electrons. The lowest BCUT2D eigenvalue weighted by Gasteiger charge is -2.28. The molecule has 0 saturated carbocycles. The highest BCUT2D eigenvalue weighted by atomic mass is 19.3. The van der Waals surface area contributed by atoms with E-state index in [1.165, 1.54) is 5.56 Å². The highest BCUT2D eigenvalue weighted by Gasteiger charge is 2.40. The van der Waals surface area contributed by atoms with E-state index in [1.807, 2.05) is 18.0 Å². The van der Waals surface area contributed by atoms with E-state index in [9.17, 15) is 8.78 Å². The van der Waals surface area contributed by atoms with Gasteiger partial charge >= 0.3 is 6.61 Å². The van der Waals surface area contributed by atoms with E-state index in [2.05, 4.69) is 29.9 Å². The Morgan fingerprint density at radius 1 is 1.19 bits per heavy atom. The van der Waals surface area contributed by atoms with E-state index < -0.39 is 12.2 Å². The van der Waals surface area contributed by atoms with Crippen molar-refractivity contribution in [3.8, 4) is 5.75 Å².